The number of ether oxygens (including phenoxy) is 1. The van der Waals surface area contributed by atoms with Crippen LogP contribution in [-0.2, 0) is 9.59 Å². The van der Waals surface area contributed by atoms with E-state index in [9.17, 15) is 9.59 Å². The van der Waals surface area contributed by atoms with Crippen LogP contribution in [0.4, 0.5) is 5.69 Å². The van der Waals surface area contributed by atoms with E-state index in [0.29, 0.717) is 23.4 Å². The number of rotatable bonds is 6. The highest BCUT2D eigenvalue weighted by molar-refractivity contribution is 6.36. The molecule has 3 aromatic rings. The van der Waals surface area contributed by atoms with Gasteiger partial charge in [-0.25, -0.2) is 0 Å². The van der Waals surface area contributed by atoms with Gasteiger partial charge in [0.25, 0.3) is 11.8 Å². The molecular formula is C25H24N2O3. The van der Waals surface area contributed by atoms with Crippen molar-refractivity contribution in [2.75, 3.05) is 11.9 Å². The van der Waals surface area contributed by atoms with E-state index in [1.54, 1.807) is 6.92 Å². The Balaban J connectivity index is 1.79. The number of anilines is 1. The van der Waals surface area contributed by atoms with E-state index in [0.717, 1.165) is 22.2 Å². The molecule has 1 heterocycles. The summed E-state index contributed by atoms with van der Waals surface area (Å²) in [7, 11) is 0. The summed E-state index contributed by atoms with van der Waals surface area (Å²) < 4.78 is 5.70. The average molecular weight is 400 g/mol. The van der Waals surface area contributed by atoms with Gasteiger partial charge in [0.05, 0.1) is 11.7 Å². The van der Waals surface area contributed by atoms with Crippen molar-refractivity contribution in [1.29, 1.82) is 0 Å². The van der Waals surface area contributed by atoms with Gasteiger partial charge in [0.2, 0.25) is 0 Å². The second-order valence-electron chi connectivity index (χ2n) is 7.45. The molecule has 0 saturated heterocycles. The molecule has 0 aromatic heterocycles. The van der Waals surface area contributed by atoms with Crippen LogP contribution in [0.25, 0.3) is 16.3 Å². The van der Waals surface area contributed by atoms with Gasteiger partial charge in [-0.3, -0.25) is 14.5 Å². The number of amides is 2. The van der Waals surface area contributed by atoms with Gasteiger partial charge in [0, 0.05) is 17.6 Å². The van der Waals surface area contributed by atoms with Crippen LogP contribution in [0.15, 0.2) is 72.4 Å². The zero-order chi connectivity index (χ0) is 21.3. The van der Waals surface area contributed by atoms with Crippen LogP contribution in [0, 0.1) is 0 Å². The fraction of sp³-hybridized carbons (Fsp3) is 0.200. The van der Waals surface area contributed by atoms with E-state index < -0.39 is 0 Å². The number of fused-ring (bicyclic) bond motifs is 1. The minimum Gasteiger partial charge on any atom is -0.491 e. The number of carbonyl (C=O) groups is 2. The van der Waals surface area contributed by atoms with Crippen molar-refractivity contribution in [3.05, 3.63) is 78.0 Å². The summed E-state index contributed by atoms with van der Waals surface area (Å²) in [4.78, 5) is 27.4. The average Bonchev–Trinajstić information content (AvgIpc) is 2.97. The predicted molar refractivity (Wildman–Crippen MR) is 119 cm³/mol. The lowest BCUT2D eigenvalue weighted by molar-refractivity contribution is -0.136. The molecule has 0 atom stereocenters. The van der Waals surface area contributed by atoms with Crippen molar-refractivity contribution in [2.24, 2.45) is 0 Å². The topological polar surface area (TPSA) is 58.6 Å². The van der Waals surface area contributed by atoms with Gasteiger partial charge in [-0.1, -0.05) is 48.5 Å². The summed E-state index contributed by atoms with van der Waals surface area (Å²) in [5.41, 5.74) is 2.16. The Morgan fingerprint density at radius 3 is 2.30 bits per heavy atom. The molecule has 4 rings (SSSR count). The summed E-state index contributed by atoms with van der Waals surface area (Å²) in [6, 6.07) is 21.1. The first-order valence-electron chi connectivity index (χ1n) is 10.1. The van der Waals surface area contributed by atoms with Crippen LogP contribution < -0.4 is 10.1 Å². The van der Waals surface area contributed by atoms with Gasteiger partial charge in [-0.2, -0.15) is 0 Å². The maximum atomic E-state index is 13.1. The molecule has 0 fully saturated rings. The second-order valence-corrected chi connectivity index (χ2v) is 7.45. The van der Waals surface area contributed by atoms with Gasteiger partial charge in [-0.05, 0) is 49.9 Å². The van der Waals surface area contributed by atoms with Crippen molar-refractivity contribution in [3.8, 4) is 5.75 Å². The fourth-order valence-corrected chi connectivity index (χ4v) is 3.69. The molecule has 1 N–H and O–H groups in total. The molecule has 3 aromatic carbocycles. The molecule has 1 aliphatic heterocycles. The Labute approximate surface area is 176 Å². The van der Waals surface area contributed by atoms with Crippen LogP contribution in [0.3, 0.4) is 0 Å². The monoisotopic (exact) mass is 400 g/mol. The van der Waals surface area contributed by atoms with Gasteiger partial charge >= 0.3 is 0 Å². The van der Waals surface area contributed by atoms with Gasteiger partial charge in [0.1, 0.15) is 11.4 Å². The number of carbonyl (C=O) groups excluding carboxylic acids is 2. The number of nitrogens with one attached hydrogen (secondary N) is 1. The summed E-state index contributed by atoms with van der Waals surface area (Å²) >= 11 is 0. The third-order valence-corrected chi connectivity index (χ3v) is 5.05. The summed E-state index contributed by atoms with van der Waals surface area (Å²) in [6.07, 6.45) is 0.0592. The van der Waals surface area contributed by atoms with Gasteiger partial charge < -0.3 is 10.1 Å². The Bertz CT molecular complexity index is 1140. The third-order valence-electron chi connectivity index (χ3n) is 5.05. The number of likely N-dealkylation sites (N-methyl/N-ethyl adjacent to an activating group) is 1. The van der Waals surface area contributed by atoms with E-state index in [1.807, 2.05) is 80.6 Å². The molecule has 30 heavy (non-hydrogen) atoms. The standard InChI is InChI=1S/C25H24N2O3/c1-4-27-24(28)22(18-12-14-19(15-13-18)30-16(2)3)23(25(27)29)26-21-11-7-9-17-8-5-6-10-20(17)21/h5-16,26H,4H2,1-3H3. The van der Waals surface area contributed by atoms with E-state index in [2.05, 4.69) is 5.32 Å². The number of nitrogens with zero attached hydrogens (tertiary/aromatic N) is 1. The summed E-state index contributed by atoms with van der Waals surface area (Å²) in [5, 5.41) is 5.31. The zero-order valence-corrected chi connectivity index (χ0v) is 17.3. The minimum atomic E-state index is -0.312. The highest BCUT2D eigenvalue weighted by Crippen LogP contribution is 2.33. The second kappa shape index (κ2) is 8.03. The number of hydrogen-bond donors (Lipinski definition) is 1. The van der Waals surface area contributed by atoms with Crippen molar-refractivity contribution in [1.82, 2.24) is 4.90 Å². The molecular weight excluding hydrogens is 376 g/mol. The zero-order valence-electron chi connectivity index (χ0n) is 17.3. The predicted octanol–water partition coefficient (Wildman–Crippen LogP) is 4.84. The lowest BCUT2D eigenvalue weighted by Crippen LogP contribution is -2.32. The highest BCUT2D eigenvalue weighted by atomic mass is 16.5. The van der Waals surface area contributed by atoms with Crippen molar-refractivity contribution in [2.45, 2.75) is 26.9 Å². The number of imide groups is 1. The van der Waals surface area contributed by atoms with E-state index in [4.69, 9.17) is 4.74 Å². The van der Waals surface area contributed by atoms with Gasteiger partial charge in [0.15, 0.2) is 0 Å². The SMILES string of the molecule is CCN1C(=O)C(Nc2cccc3ccccc23)=C(c2ccc(OC(C)C)cc2)C1=O. The van der Waals surface area contributed by atoms with E-state index in [-0.39, 0.29) is 17.9 Å². The number of benzene rings is 3. The quantitative estimate of drug-likeness (QED) is 0.602. The molecule has 0 bridgehead atoms. The van der Waals surface area contributed by atoms with Crippen LogP contribution in [0.5, 0.6) is 5.75 Å². The Morgan fingerprint density at radius 2 is 1.60 bits per heavy atom. The van der Waals surface area contributed by atoms with Crippen molar-refractivity contribution in [3.63, 3.8) is 0 Å². The molecule has 0 radical (unpaired) electrons. The fourth-order valence-electron chi connectivity index (χ4n) is 3.69. The molecule has 1 aliphatic rings. The summed E-state index contributed by atoms with van der Waals surface area (Å²) in [6.45, 7) is 6.03. The first kappa shape index (κ1) is 19.7. The molecule has 0 unspecified atom stereocenters. The maximum absolute atomic E-state index is 13.1. The van der Waals surface area contributed by atoms with E-state index in [1.165, 1.54) is 4.90 Å². The van der Waals surface area contributed by atoms with Crippen LogP contribution >= 0.6 is 0 Å². The maximum Gasteiger partial charge on any atom is 0.278 e. The van der Waals surface area contributed by atoms with Crippen LogP contribution in [-0.4, -0.2) is 29.4 Å². The van der Waals surface area contributed by atoms with Crippen LogP contribution in [0.1, 0.15) is 26.3 Å². The van der Waals surface area contributed by atoms with Crippen molar-refractivity contribution >= 4 is 33.8 Å². The van der Waals surface area contributed by atoms with Crippen LogP contribution in [0.2, 0.25) is 0 Å². The first-order valence-corrected chi connectivity index (χ1v) is 10.1. The molecule has 5 nitrogen and oxygen atoms in total. The number of hydrogen-bond acceptors (Lipinski definition) is 4. The van der Waals surface area contributed by atoms with E-state index >= 15 is 0 Å². The molecule has 0 aliphatic carbocycles. The Kier molecular flexibility index (Phi) is 5.27. The Morgan fingerprint density at radius 1 is 0.900 bits per heavy atom. The normalized spacial score (nSPS) is 14.2. The Hall–Kier alpha value is -3.60. The first-order chi connectivity index (χ1) is 14.5. The lowest BCUT2D eigenvalue weighted by Gasteiger charge is -2.13. The largest absolute Gasteiger partial charge is 0.491 e. The molecule has 152 valence electrons. The lowest BCUT2D eigenvalue weighted by atomic mass is 10.0. The molecule has 2 amide bonds. The van der Waals surface area contributed by atoms with Gasteiger partial charge in [-0.15, -0.1) is 0 Å². The molecule has 5 heteroatoms. The smallest absolute Gasteiger partial charge is 0.278 e. The molecule has 0 saturated carbocycles. The summed E-state index contributed by atoms with van der Waals surface area (Å²) in [5.74, 6) is 0.123. The third kappa shape index (κ3) is 3.54. The molecule has 0 spiro atoms. The highest BCUT2D eigenvalue weighted by Gasteiger charge is 2.38. The minimum absolute atomic E-state index is 0.0592. The van der Waals surface area contributed by atoms with Crippen molar-refractivity contribution < 1.29 is 14.3 Å².